The van der Waals surface area contributed by atoms with Crippen LogP contribution in [0.1, 0.15) is 37.8 Å². The van der Waals surface area contributed by atoms with Gasteiger partial charge in [-0.05, 0) is 24.1 Å². The van der Waals surface area contributed by atoms with Crippen molar-refractivity contribution in [2.75, 3.05) is 0 Å². The summed E-state index contributed by atoms with van der Waals surface area (Å²) in [5, 5.41) is 0. The van der Waals surface area contributed by atoms with Crippen LogP contribution in [0.5, 0.6) is 0 Å². The zero-order valence-electron chi connectivity index (χ0n) is 15.7. The number of rotatable bonds is 6. The van der Waals surface area contributed by atoms with Crippen molar-refractivity contribution in [3.8, 4) is 0 Å². The lowest BCUT2D eigenvalue weighted by molar-refractivity contribution is -0.136. The first kappa shape index (κ1) is 19.8. The zero-order valence-corrected chi connectivity index (χ0v) is 16.5. The van der Waals surface area contributed by atoms with E-state index in [-0.39, 0.29) is 34.9 Å². The standard InChI is InChI=1S/C21H21NO5S/c1-3-9-19(24)27-21-17-12-7-8-13-18(17)28(25,26)22(20(21)15(2)23)14-16-10-5-4-6-11-16/h4-8,10-13H,3,9,14H2,1-2H3. The van der Waals surface area contributed by atoms with Crippen LogP contribution >= 0.6 is 0 Å². The number of carbonyl (C=O) groups is 2. The lowest BCUT2D eigenvalue weighted by atomic mass is 10.1. The maximum Gasteiger partial charge on any atom is 0.311 e. The van der Waals surface area contributed by atoms with Crippen molar-refractivity contribution in [2.45, 2.75) is 38.1 Å². The van der Waals surface area contributed by atoms with Crippen molar-refractivity contribution >= 4 is 27.5 Å². The van der Waals surface area contributed by atoms with Crippen LogP contribution in [0, 0.1) is 0 Å². The molecule has 1 heterocycles. The van der Waals surface area contributed by atoms with Crippen LogP contribution < -0.4 is 0 Å². The summed E-state index contributed by atoms with van der Waals surface area (Å²) in [7, 11) is -3.99. The Labute approximate surface area is 164 Å². The highest BCUT2D eigenvalue weighted by atomic mass is 32.2. The molecule has 0 spiro atoms. The van der Waals surface area contributed by atoms with Crippen molar-refractivity contribution < 1.29 is 22.7 Å². The predicted octanol–water partition coefficient (Wildman–Crippen LogP) is 3.49. The molecule has 3 rings (SSSR count). The van der Waals surface area contributed by atoms with E-state index in [2.05, 4.69) is 0 Å². The number of esters is 1. The molecule has 6 nitrogen and oxygen atoms in total. The Morgan fingerprint density at radius 2 is 1.64 bits per heavy atom. The van der Waals surface area contributed by atoms with E-state index < -0.39 is 21.8 Å². The smallest absolute Gasteiger partial charge is 0.311 e. The molecular formula is C21H21NO5S. The molecular weight excluding hydrogens is 378 g/mol. The van der Waals surface area contributed by atoms with Crippen LogP contribution in [0.4, 0.5) is 0 Å². The highest BCUT2D eigenvalue weighted by Crippen LogP contribution is 2.38. The lowest BCUT2D eigenvalue weighted by Crippen LogP contribution is -2.37. The molecule has 0 aliphatic carbocycles. The summed E-state index contributed by atoms with van der Waals surface area (Å²) in [6, 6.07) is 15.2. The minimum absolute atomic E-state index is 0.00712. The van der Waals surface area contributed by atoms with Gasteiger partial charge in [0.25, 0.3) is 10.0 Å². The fraction of sp³-hybridized carbons (Fsp3) is 0.238. The van der Waals surface area contributed by atoms with Crippen LogP contribution in [0.2, 0.25) is 0 Å². The molecule has 0 atom stereocenters. The van der Waals surface area contributed by atoms with Gasteiger partial charge in [-0.1, -0.05) is 49.4 Å². The van der Waals surface area contributed by atoms with Gasteiger partial charge < -0.3 is 4.74 Å². The van der Waals surface area contributed by atoms with Gasteiger partial charge >= 0.3 is 5.97 Å². The molecule has 2 aromatic carbocycles. The number of hydrogen-bond acceptors (Lipinski definition) is 5. The molecule has 1 aliphatic heterocycles. The first-order valence-electron chi connectivity index (χ1n) is 8.98. The van der Waals surface area contributed by atoms with Crippen LogP contribution in [-0.2, 0) is 30.9 Å². The first-order chi connectivity index (χ1) is 13.4. The number of benzene rings is 2. The van der Waals surface area contributed by atoms with Gasteiger partial charge in [0.05, 0.1) is 11.4 Å². The van der Waals surface area contributed by atoms with E-state index >= 15 is 0 Å². The number of ether oxygens (including phenoxy) is 1. The summed E-state index contributed by atoms with van der Waals surface area (Å²) < 4.78 is 33.1. The molecule has 28 heavy (non-hydrogen) atoms. The largest absolute Gasteiger partial charge is 0.423 e. The van der Waals surface area contributed by atoms with E-state index in [1.165, 1.54) is 13.0 Å². The minimum atomic E-state index is -3.99. The Bertz CT molecular complexity index is 1040. The molecule has 0 saturated heterocycles. The lowest BCUT2D eigenvalue weighted by Gasteiger charge is -2.32. The van der Waals surface area contributed by atoms with Gasteiger partial charge in [0.2, 0.25) is 0 Å². The third-order valence-corrected chi connectivity index (χ3v) is 6.14. The quantitative estimate of drug-likeness (QED) is 0.695. The maximum atomic E-state index is 13.3. The van der Waals surface area contributed by atoms with Crippen LogP contribution in [-0.4, -0.2) is 24.5 Å². The van der Waals surface area contributed by atoms with Crippen LogP contribution in [0.3, 0.4) is 0 Å². The number of sulfonamides is 1. The van der Waals surface area contributed by atoms with Crippen LogP contribution in [0.25, 0.3) is 5.76 Å². The molecule has 0 N–H and O–H groups in total. The van der Waals surface area contributed by atoms with Gasteiger partial charge in [0.1, 0.15) is 5.70 Å². The average molecular weight is 399 g/mol. The fourth-order valence-electron chi connectivity index (χ4n) is 3.08. The number of fused-ring (bicyclic) bond motifs is 1. The van der Waals surface area contributed by atoms with E-state index in [0.717, 1.165) is 4.31 Å². The molecule has 7 heteroatoms. The number of allylic oxidation sites excluding steroid dienone is 1. The Kier molecular flexibility index (Phi) is 5.65. The highest BCUT2D eigenvalue weighted by Gasteiger charge is 2.40. The molecule has 0 unspecified atom stereocenters. The minimum Gasteiger partial charge on any atom is -0.423 e. The maximum absolute atomic E-state index is 13.3. The van der Waals surface area contributed by atoms with Crippen LogP contribution in [0.15, 0.2) is 65.2 Å². The number of hydrogen-bond donors (Lipinski definition) is 0. The second kappa shape index (κ2) is 7.98. The van der Waals surface area contributed by atoms with Crippen molar-refractivity contribution in [2.24, 2.45) is 0 Å². The van der Waals surface area contributed by atoms with Crippen molar-refractivity contribution in [3.05, 3.63) is 71.4 Å². The summed E-state index contributed by atoms with van der Waals surface area (Å²) in [5.74, 6) is -1.01. The molecule has 1 aliphatic rings. The Morgan fingerprint density at radius 3 is 2.29 bits per heavy atom. The number of ketones is 1. The summed E-state index contributed by atoms with van der Waals surface area (Å²) in [6.45, 7) is 3.06. The van der Waals surface area contributed by atoms with E-state index in [0.29, 0.717) is 12.0 Å². The van der Waals surface area contributed by atoms with Gasteiger partial charge in [0, 0.05) is 18.9 Å². The topological polar surface area (TPSA) is 80.8 Å². The normalized spacial score (nSPS) is 15.1. The van der Waals surface area contributed by atoms with Gasteiger partial charge in [-0.3, -0.25) is 13.9 Å². The van der Waals surface area contributed by atoms with Gasteiger partial charge in [0.15, 0.2) is 11.5 Å². The molecule has 0 saturated carbocycles. The van der Waals surface area contributed by atoms with Crippen molar-refractivity contribution in [1.29, 1.82) is 0 Å². The summed E-state index contributed by atoms with van der Waals surface area (Å²) in [5.41, 5.74) is 0.803. The van der Waals surface area contributed by atoms with E-state index in [4.69, 9.17) is 4.74 Å². The second-order valence-electron chi connectivity index (χ2n) is 6.45. The SMILES string of the molecule is CCCC(=O)OC1=C(C(C)=O)N(Cc2ccccc2)S(=O)(=O)c2ccccc21. The fourth-order valence-corrected chi connectivity index (χ4v) is 4.78. The average Bonchev–Trinajstić information content (AvgIpc) is 2.66. The monoisotopic (exact) mass is 399 g/mol. The predicted molar refractivity (Wildman–Crippen MR) is 104 cm³/mol. The van der Waals surface area contributed by atoms with E-state index in [1.807, 2.05) is 13.0 Å². The molecule has 2 aromatic rings. The van der Waals surface area contributed by atoms with E-state index in [1.54, 1.807) is 42.5 Å². The number of Topliss-reactive ketones (excluding diaryl/α,β-unsaturated/α-hetero) is 1. The highest BCUT2D eigenvalue weighted by molar-refractivity contribution is 7.89. The molecule has 0 fully saturated rings. The molecule has 0 aromatic heterocycles. The number of carbonyl (C=O) groups excluding carboxylic acids is 2. The third kappa shape index (κ3) is 3.71. The molecule has 0 bridgehead atoms. The zero-order chi connectivity index (χ0) is 20.3. The Morgan fingerprint density at radius 1 is 1.00 bits per heavy atom. The second-order valence-corrected chi connectivity index (χ2v) is 8.28. The van der Waals surface area contributed by atoms with Crippen molar-refractivity contribution in [3.63, 3.8) is 0 Å². The van der Waals surface area contributed by atoms with Gasteiger partial charge in [-0.15, -0.1) is 0 Å². The van der Waals surface area contributed by atoms with Gasteiger partial charge in [-0.25, -0.2) is 8.42 Å². The molecule has 0 amide bonds. The van der Waals surface area contributed by atoms with Crippen molar-refractivity contribution in [1.82, 2.24) is 4.31 Å². The summed E-state index contributed by atoms with van der Waals surface area (Å²) in [6.07, 6.45) is 0.748. The summed E-state index contributed by atoms with van der Waals surface area (Å²) in [4.78, 5) is 24.7. The number of nitrogens with zero attached hydrogens (tertiary/aromatic N) is 1. The Hall–Kier alpha value is -2.93. The summed E-state index contributed by atoms with van der Waals surface area (Å²) >= 11 is 0. The first-order valence-corrected chi connectivity index (χ1v) is 10.4. The van der Waals surface area contributed by atoms with E-state index in [9.17, 15) is 18.0 Å². The molecule has 146 valence electrons. The third-order valence-electron chi connectivity index (χ3n) is 4.34. The molecule has 0 radical (unpaired) electrons. The Balaban J connectivity index is 2.22. The van der Waals surface area contributed by atoms with Gasteiger partial charge in [-0.2, -0.15) is 0 Å².